The minimum absolute atomic E-state index is 0.00370. The average Bonchev–Trinajstić information content (AvgIpc) is 2.74. The zero-order chi connectivity index (χ0) is 17.7. The molecule has 0 unspecified atom stereocenters. The molecule has 24 heavy (non-hydrogen) atoms. The fourth-order valence-corrected chi connectivity index (χ4v) is 3.06. The summed E-state index contributed by atoms with van der Waals surface area (Å²) in [7, 11) is 0. The van der Waals surface area contributed by atoms with Crippen molar-refractivity contribution in [3.05, 3.63) is 35.4 Å². The van der Waals surface area contributed by atoms with Crippen molar-refractivity contribution in [3.8, 4) is 0 Å². The number of hydrogen-bond donors (Lipinski definition) is 0. The van der Waals surface area contributed by atoms with Crippen LogP contribution in [0.4, 0.5) is 0 Å². The van der Waals surface area contributed by atoms with E-state index in [-0.39, 0.29) is 17.2 Å². The Kier molecular flexibility index (Phi) is 6.03. The van der Waals surface area contributed by atoms with Crippen molar-refractivity contribution in [3.63, 3.8) is 0 Å². The van der Waals surface area contributed by atoms with E-state index in [2.05, 4.69) is 20.8 Å². The number of carbonyl (C=O) groups is 2. The van der Waals surface area contributed by atoms with Crippen LogP contribution >= 0.6 is 0 Å². The zero-order valence-corrected chi connectivity index (χ0v) is 15.5. The summed E-state index contributed by atoms with van der Waals surface area (Å²) >= 11 is 0. The molecule has 0 N–H and O–H groups in total. The van der Waals surface area contributed by atoms with E-state index in [4.69, 9.17) is 0 Å². The summed E-state index contributed by atoms with van der Waals surface area (Å²) in [5.74, 6) is 0.366. The molecule has 0 radical (unpaired) electrons. The van der Waals surface area contributed by atoms with Gasteiger partial charge in [-0.3, -0.25) is 9.59 Å². The fourth-order valence-electron chi connectivity index (χ4n) is 3.06. The van der Waals surface area contributed by atoms with E-state index in [0.717, 1.165) is 30.6 Å². The van der Waals surface area contributed by atoms with Crippen LogP contribution in [-0.2, 0) is 16.0 Å². The minimum atomic E-state index is 0.00370. The molecule has 0 atom stereocenters. The molecule has 1 aromatic carbocycles. The predicted octanol–water partition coefficient (Wildman–Crippen LogP) is 3.03. The Hall–Kier alpha value is -1.84. The smallest absolute Gasteiger partial charge is 0.227 e. The van der Waals surface area contributed by atoms with Gasteiger partial charge in [0.1, 0.15) is 0 Å². The molecule has 0 saturated carbocycles. The first-order valence-corrected chi connectivity index (χ1v) is 8.86. The number of aryl methyl sites for hydroxylation is 1. The Labute approximate surface area is 145 Å². The molecule has 0 aliphatic carbocycles. The van der Waals surface area contributed by atoms with E-state index < -0.39 is 0 Å². The second-order valence-electron chi connectivity index (χ2n) is 7.96. The topological polar surface area (TPSA) is 40.6 Å². The van der Waals surface area contributed by atoms with Crippen molar-refractivity contribution >= 4 is 11.8 Å². The summed E-state index contributed by atoms with van der Waals surface area (Å²) in [5, 5.41) is 0. The molecule has 2 rings (SSSR count). The van der Waals surface area contributed by atoms with Gasteiger partial charge in [0.2, 0.25) is 11.8 Å². The van der Waals surface area contributed by atoms with Crippen molar-refractivity contribution in [1.82, 2.24) is 9.80 Å². The molecule has 1 heterocycles. The lowest BCUT2D eigenvalue weighted by Crippen LogP contribution is -2.38. The Balaban J connectivity index is 1.92. The summed E-state index contributed by atoms with van der Waals surface area (Å²) in [6, 6.07) is 8.03. The molecule has 1 fully saturated rings. The van der Waals surface area contributed by atoms with Crippen molar-refractivity contribution < 1.29 is 9.59 Å². The first-order valence-electron chi connectivity index (χ1n) is 8.86. The normalized spacial score (nSPS) is 16.0. The van der Waals surface area contributed by atoms with Crippen LogP contribution in [0.3, 0.4) is 0 Å². The van der Waals surface area contributed by atoms with Gasteiger partial charge in [-0.25, -0.2) is 0 Å². The van der Waals surface area contributed by atoms with Gasteiger partial charge in [-0.15, -0.1) is 0 Å². The maximum absolute atomic E-state index is 12.6. The van der Waals surface area contributed by atoms with Crippen LogP contribution in [0.5, 0.6) is 0 Å². The minimum Gasteiger partial charge on any atom is -0.341 e. The molecule has 1 aliphatic heterocycles. The molecule has 0 bridgehead atoms. The maximum atomic E-state index is 12.6. The molecule has 4 nitrogen and oxygen atoms in total. The van der Waals surface area contributed by atoms with Gasteiger partial charge in [0.25, 0.3) is 0 Å². The summed E-state index contributed by atoms with van der Waals surface area (Å²) in [6.45, 7) is 11.1. The van der Waals surface area contributed by atoms with Crippen LogP contribution < -0.4 is 0 Å². The van der Waals surface area contributed by atoms with Gasteiger partial charge < -0.3 is 9.80 Å². The van der Waals surface area contributed by atoms with Gasteiger partial charge in [-0.2, -0.15) is 0 Å². The van der Waals surface area contributed by atoms with Gasteiger partial charge in [-0.1, -0.05) is 45.0 Å². The summed E-state index contributed by atoms with van der Waals surface area (Å²) in [6.07, 6.45) is 1.86. The Bertz CT molecular complexity index is 590. The Morgan fingerprint density at radius 1 is 0.958 bits per heavy atom. The van der Waals surface area contributed by atoms with E-state index in [9.17, 15) is 9.59 Å². The number of nitrogens with zero attached hydrogens (tertiary/aromatic N) is 2. The van der Waals surface area contributed by atoms with Crippen LogP contribution in [0.25, 0.3) is 0 Å². The van der Waals surface area contributed by atoms with E-state index in [0.29, 0.717) is 25.9 Å². The Morgan fingerprint density at radius 3 is 2.12 bits per heavy atom. The molecule has 1 aromatic rings. The molecule has 2 amide bonds. The molecule has 0 aromatic heterocycles. The highest BCUT2D eigenvalue weighted by molar-refractivity contribution is 5.80. The number of benzene rings is 1. The van der Waals surface area contributed by atoms with Crippen LogP contribution in [0.1, 0.15) is 44.7 Å². The molecule has 4 heteroatoms. The van der Waals surface area contributed by atoms with Gasteiger partial charge in [-0.05, 0) is 29.9 Å². The van der Waals surface area contributed by atoms with Crippen LogP contribution in [-0.4, -0.2) is 47.8 Å². The highest BCUT2D eigenvalue weighted by atomic mass is 16.2. The molecular formula is C20H30N2O2. The van der Waals surface area contributed by atoms with E-state index in [1.54, 1.807) is 0 Å². The molecule has 1 aliphatic rings. The van der Waals surface area contributed by atoms with Gasteiger partial charge in [0.15, 0.2) is 0 Å². The predicted molar refractivity (Wildman–Crippen MR) is 96.7 cm³/mol. The van der Waals surface area contributed by atoms with Crippen LogP contribution in [0.15, 0.2) is 24.3 Å². The first kappa shape index (κ1) is 18.5. The third-order valence-corrected chi connectivity index (χ3v) is 4.49. The van der Waals surface area contributed by atoms with Gasteiger partial charge in [0, 0.05) is 32.6 Å². The molecule has 0 spiro atoms. The molecular weight excluding hydrogens is 300 g/mol. The molecule has 1 saturated heterocycles. The molecule has 132 valence electrons. The van der Waals surface area contributed by atoms with Crippen molar-refractivity contribution in [1.29, 1.82) is 0 Å². The van der Waals surface area contributed by atoms with Gasteiger partial charge >= 0.3 is 0 Å². The van der Waals surface area contributed by atoms with Crippen LogP contribution in [0, 0.1) is 12.3 Å². The lowest BCUT2D eigenvalue weighted by atomic mass is 9.91. The Morgan fingerprint density at radius 2 is 1.54 bits per heavy atom. The second-order valence-corrected chi connectivity index (χ2v) is 7.96. The van der Waals surface area contributed by atoms with Crippen molar-refractivity contribution in [2.24, 2.45) is 5.41 Å². The van der Waals surface area contributed by atoms with Crippen molar-refractivity contribution in [2.45, 2.75) is 47.0 Å². The largest absolute Gasteiger partial charge is 0.341 e. The second kappa shape index (κ2) is 7.82. The summed E-state index contributed by atoms with van der Waals surface area (Å²) in [5.41, 5.74) is 2.25. The number of amides is 2. The highest BCUT2D eigenvalue weighted by Crippen LogP contribution is 2.20. The van der Waals surface area contributed by atoms with Gasteiger partial charge in [0.05, 0.1) is 6.42 Å². The fraction of sp³-hybridized carbons (Fsp3) is 0.600. The summed E-state index contributed by atoms with van der Waals surface area (Å²) < 4.78 is 0. The van der Waals surface area contributed by atoms with Crippen LogP contribution in [0.2, 0.25) is 0 Å². The third kappa shape index (κ3) is 5.36. The highest BCUT2D eigenvalue weighted by Gasteiger charge is 2.25. The van der Waals surface area contributed by atoms with E-state index in [1.807, 2.05) is 41.0 Å². The lowest BCUT2D eigenvalue weighted by molar-refractivity contribution is -0.134. The lowest BCUT2D eigenvalue weighted by Gasteiger charge is -2.26. The monoisotopic (exact) mass is 330 g/mol. The summed E-state index contributed by atoms with van der Waals surface area (Å²) in [4.78, 5) is 28.8. The zero-order valence-electron chi connectivity index (χ0n) is 15.5. The standard InChI is InChI=1S/C20H30N2O2/c1-16-8-5-6-9-17(16)14-18(23)21-10-7-11-22(13-12-21)19(24)15-20(2,3)4/h5-6,8-9H,7,10-15H2,1-4H3. The number of rotatable bonds is 3. The van der Waals surface area contributed by atoms with E-state index >= 15 is 0 Å². The number of carbonyl (C=O) groups excluding carboxylic acids is 2. The third-order valence-electron chi connectivity index (χ3n) is 4.49. The SMILES string of the molecule is Cc1ccccc1CC(=O)N1CCCN(C(=O)CC(C)(C)C)CC1. The maximum Gasteiger partial charge on any atom is 0.227 e. The quantitative estimate of drug-likeness (QED) is 0.855. The first-order chi connectivity index (χ1) is 11.3. The average molecular weight is 330 g/mol. The number of hydrogen-bond acceptors (Lipinski definition) is 2. The van der Waals surface area contributed by atoms with Crippen molar-refractivity contribution in [2.75, 3.05) is 26.2 Å². The van der Waals surface area contributed by atoms with E-state index in [1.165, 1.54) is 0 Å².